The van der Waals surface area contributed by atoms with Crippen molar-refractivity contribution in [1.29, 1.82) is 0 Å². The van der Waals surface area contributed by atoms with Gasteiger partial charge in [0.2, 0.25) is 0 Å². The fourth-order valence-electron chi connectivity index (χ4n) is 1.03. The second-order valence-corrected chi connectivity index (χ2v) is 3.72. The number of aromatic hydroxyl groups is 1. The van der Waals surface area contributed by atoms with Crippen molar-refractivity contribution in [2.45, 2.75) is 6.92 Å². The van der Waals surface area contributed by atoms with Crippen LogP contribution < -0.4 is 0 Å². The summed E-state index contributed by atoms with van der Waals surface area (Å²) in [5.74, 6) is 0.236. The predicted octanol–water partition coefficient (Wildman–Crippen LogP) is 2.31. The quantitative estimate of drug-likeness (QED) is 0.649. The summed E-state index contributed by atoms with van der Waals surface area (Å²) in [5, 5.41) is 9.08. The Kier molecular flexibility index (Phi) is 1.32. The van der Waals surface area contributed by atoms with Gasteiger partial charge in [-0.1, -0.05) is 0 Å². The molecule has 0 amide bonds. The normalized spacial score (nSPS) is 10.6. The van der Waals surface area contributed by atoms with Gasteiger partial charge in [0.1, 0.15) is 5.75 Å². The van der Waals surface area contributed by atoms with Crippen LogP contribution in [0, 0.1) is 6.92 Å². The Morgan fingerprint density at radius 2 is 2.27 bits per heavy atom. The van der Waals surface area contributed by atoms with E-state index in [0.717, 1.165) is 10.2 Å². The van der Waals surface area contributed by atoms with Crippen LogP contribution in [0.2, 0.25) is 0 Å². The summed E-state index contributed by atoms with van der Waals surface area (Å²) in [6.45, 7) is 2.03. The maximum atomic E-state index is 9.08. The molecule has 2 nitrogen and oxygen atoms in total. The number of thiophene rings is 1. The van der Waals surface area contributed by atoms with Gasteiger partial charge in [0.25, 0.3) is 0 Å². The van der Waals surface area contributed by atoms with Gasteiger partial charge in [0.05, 0.1) is 16.4 Å². The third kappa shape index (κ3) is 1.07. The van der Waals surface area contributed by atoms with Crippen LogP contribution in [-0.2, 0) is 0 Å². The average molecular weight is 165 g/mol. The molecule has 2 heterocycles. The SMILES string of the molecule is Cc1cc2ncc(O)cc2s1. The molecule has 0 atom stereocenters. The van der Waals surface area contributed by atoms with Crippen molar-refractivity contribution in [3.8, 4) is 5.75 Å². The second-order valence-electron chi connectivity index (χ2n) is 2.43. The smallest absolute Gasteiger partial charge is 0.135 e. The molecular formula is C8H7NOS. The van der Waals surface area contributed by atoms with Crippen LogP contribution in [0.25, 0.3) is 10.2 Å². The van der Waals surface area contributed by atoms with Crippen LogP contribution in [0.1, 0.15) is 4.88 Å². The number of hydrogen-bond acceptors (Lipinski definition) is 3. The lowest BCUT2D eigenvalue weighted by Crippen LogP contribution is -1.69. The summed E-state index contributed by atoms with van der Waals surface area (Å²) in [5.41, 5.74) is 0.963. The van der Waals surface area contributed by atoms with Gasteiger partial charge in [0, 0.05) is 10.9 Å². The Morgan fingerprint density at radius 1 is 1.45 bits per heavy atom. The molecule has 3 heteroatoms. The zero-order chi connectivity index (χ0) is 7.84. The molecule has 2 aromatic heterocycles. The van der Waals surface area contributed by atoms with Crippen molar-refractivity contribution in [1.82, 2.24) is 4.98 Å². The lowest BCUT2D eigenvalue weighted by atomic mass is 10.4. The first kappa shape index (κ1) is 6.61. The Labute approximate surface area is 68.1 Å². The first-order valence-corrected chi connectivity index (χ1v) is 4.12. The molecule has 2 aromatic rings. The predicted molar refractivity (Wildman–Crippen MR) is 46.0 cm³/mol. The number of aryl methyl sites for hydroxylation is 1. The number of nitrogens with zero attached hydrogens (tertiary/aromatic N) is 1. The zero-order valence-corrected chi connectivity index (χ0v) is 6.85. The Balaban J connectivity index is 2.82. The summed E-state index contributed by atoms with van der Waals surface area (Å²) in [7, 11) is 0. The van der Waals surface area contributed by atoms with E-state index in [-0.39, 0.29) is 5.75 Å². The summed E-state index contributed by atoms with van der Waals surface area (Å²) >= 11 is 1.64. The lowest BCUT2D eigenvalue weighted by Gasteiger charge is -1.88. The molecule has 0 unspecified atom stereocenters. The van der Waals surface area contributed by atoms with E-state index in [1.807, 2.05) is 13.0 Å². The van der Waals surface area contributed by atoms with Crippen LogP contribution in [-0.4, -0.2) is 10.1 Å². The highest BCUT2D eigenvalue weighted by Gasteiger charge is 1.99. The molecule has 0 radical (unpaired) electrons. The molecule has 0 saturated carbocycles. The van der Waals surface area contributed by atoms with Crippen LogP contribution in [0.3, 0.4) is 0 Å². The summed E-state index contributed by atoms with van der Waals surface area (Å²) in [6, 6.07) is 3.75. The molecule has 0 aromatic carbocycles. The minimum absolute atomic E-state index is 0.236. The van der Waals surface area contributed by atoms with Gasteiger partial charge in [-0.25, -0.2) is 0 Å². The summed E-state index contributed by atoms with van der Waals surface area (Å²) < 4.78 is 1.04. The van der Waals surface area contributed by atoms with Crippen molar-refractivity contribution in [2.24, 2.45) is 0 Å². The number of pyridine rings is 1. The van der Waals surface area contributed by atoms with E-state index in [2.05, 4.69) is 4.98 Å². The maximum absolute atomic E-state index is 9.08. The molecule has 1 N–H and O–H groups in total. The molecule has 0 aliphatic heterocycles. The molecule has 0 aliphatic rings. The van der Waals surface area contributed by atoms with Crippen LogP contribution in [0.5, 0.6) is 5.75 Å². The van der Waals surface area contributed by atoms with Gasteiger partial charge < -0.3 is 5.11 Å². The van der Waals surface area contributed by atoms with E-state index in [1.165, 1.54) is 11.1 Å². The van der Waals surface area contributed by atoms with Gasteiger partial charge in [0.15, 0.2) is 0 Å². The summed E-state index contributed by atoms with van der Waals surface area (Å²) in [6.07, 6.45) is 1.47. The van der Waals surface area contributed by atoms with Crippen molar-refractivity contribution in [2.75, 3.05) is 0 Å². The van der Waals surface area contributed by atoms with E-state index in [1.54, 1.807) is 17.4 Å². The fourth-order valence-corrected chi connectivity index (χ4v) is 1.94. The Bertz CT molecular complexity index is 394. The Hall–Kier alpha value is -1.09. The molecule has 56 valence electrons. The van der Waals surface area contributed by atoms with Crippen molar-refractivity contribution in [3.63, 3.8) is 0 Å². The van der Waals surface area contributed by atoms with E-state index in [9.17, 15) is 0 Å². The molecule has 0 bridgehead atoms. The van der Waals surface area contributed by atoms with Gasteiger partial charge in [-0.05, 0) is 13.0 Å². The van der Waals surface area contributed by atoms with Crippen LogP contribution >= 0.6 is 11.3 Å². The van der Waals surface area contributed by atoms with Crippen molar-refractivity contribution < 1.29 is 5.11 Å². The lowest BCUT2D eigenvalue weighted by molar-refractivity contribution is 0.474. The molecule has 0 aliphatic carbocycles. The minimum Gasteiger partial charge on any atom is -0.506 e. The fraction of sp³-hybridized carbons (Fsp3) is 0.125. The summed E-state index contributed by atoms with van der Waals surface area (Å²) in [4.78, 5) is 5.28. The zero-order valence-electron chi connectivity index (χ0n) is 6.03. The van der Waals surface area contributed by atoms with Crippen LogP contribution in [0.15, 0.2) is 18.3 Å². The van der Waals surface area contributed by atoms with E-state index < -0.39 is 0 Å². The third-order valence-corrected chi connectivity index (χ3v) is 2.46. The van der Waals surface area contributed by atoms with Crippen molar-refractivity contribution in [3.05, 3.63) is 23.2 Å². The molecular weight excluding hydrogens is 158 g/mol. The van der Waals surface area contributed by atoms with Gasteiger partial charge >= 0.3 is 0 Å². The highest BCUT2D eigenvalue weighted by atomic mass is 32.1. The molecule has 0 fully saturated rings. The second kappa shape index (κ2) is 2.20. The largest absolute Gasteiger partial charge is 0.506 e. The topological polar surface area (TPSA) is 33.1 Å². The monoisotopic (exact) mass is 165 g/mol. The average Bonchev–Trinajstić information content (AvgIpc) is 2.27. The standard InChI is InChI=1S/C8H7NOS/c1-5-2-7-8(11-5)3-6(10)4-9-7/h2-4,10H,1H3. The van der Waals surface area contributed by atoms with E-state index in [4.69, 9.17) is 5.11 Å². The van der Waals surface area contributed by atoms with E-state index in [0.29, 0.717) is 0 Å². The molecule has 0 saturated heterocycles. The number of rotatable bonds is 0. The highest BCUT2D eigenvalue weighted by molar-refractivity contribution is 7.18. The highest BCUT2D eigenvalue weighted by Crippen LogP contribution is 2.25. The molecule has 11 heavy (non-hydrogen) atoms. The number of hydrogen-bond donors (Lipinski definition) is 1. The minimum atomic E-state index is 0.236. The first-order valence-electron chi connectivity index (χ1n) is 3.31. The molecule has 2 rings (SSSR count). The first-order chi connectivity index (χ1) is 5.25. The third-order valence-electron chi connectivity index (χ3n) is 1.48. The maximum Gasteiger partial charge on any atom is 0.135 e. The van der Waals surface area contributed by atoms with Gasteiger partial charge in [-0.15, -0.1) is 11.3 Å². The van der Waals surface area contributed by atoms with Crippen molar-refractivity contribution >= 4 is 21.6 Å². The Morgan fingerprint density at radius 3 is 3.09 bits per heavy atom. The van der Waals surface area contributed by atoms with Gasteiger partial charge in [-0.3, -0.25) is 4.98 Å². The van der Waals surface area contributed by atoms with Crippen LogP contribution in [0.4, 0.5) is 0 Å². The molecule has 0 spiro atoms. The van der Waals surface area contributed by atoms with Gasteiger partial charge in [-0.2, -0.15) is 0 Å². The number of aromatic nitrogens is 1. The number of fused-ring (bicyclic) bond motifs is 1. The van der Waals surface area contributed by atoms with E-state index >= 15 is 0 Å².